The van der Waals surface area contributed by atoms with E-state index in [-0.39, 0.29) is 11.9 Å². The highest BCUT2D eigenvalue weighted by Crippen LogP contribution is 2.26. The van der Waals surface area contributed by atoms with E-state index >= 15 is 0 Å². The molecular formula is C24H31NOS. The van der Waals surface area contributed by atoms with Gasteiger partial charge in [0.15, 0.2) is 0 Å². The zero-order valence-corrected chi connectivity index (χ0v) is 17.6. The summed E-state index contributed by atoms with van der Waals surface area (Å²) in [4.78, 5) is 12.5. The van der Waals surface area contributed by atoms with Gasteiger partial charge in [0.25, 0.3) is 0 Å². The van der Waals surface area contributed by atoms with E-state index < -0.39 is 0 Å². The van der Waals surface area contributed by atoms with Gasteiger partial charge in [-0.25, -0.2) is 0 Å². The van der Waals surface area contributed by atoms with Crippen LogP contribution in [0.25, 0.3) is 0 Å². The molecule has 1 N–H and O–H groups in total. The van der Waals surface area contributed by atoms with E-state index in [1.54, 1.807) is 11.8 Å². The van der Waals surface area contributed by atoms with E-state index in [0.717, 1.165) is 12.2 Å². The van der Waals surface area contributed by atoms with Gasteiger partial charge in [-0.15, -0.1) is 11.8 Å². The molecule has 0 spiro atoms. The third-order valence-electron chi connectivity index (χ3n) is 5.30. The molecule has 0 aromatic heterocycles. The van der Waals surface area contributed by atoms with Gasteiger partial charge in [0.2, 0.25) is 5.91 Å². The topological polar surface area (TPSA) is 29.1 Å². The van der Waals surface area contributed by atoms with E-state index in [1.165, 1.54) is 59.1 Å². The first-order valence-corrected chi connectivity index (χ1v) is 11.3. The molecule has 0 fully saturated rings. The Balaban J connectivity index is 1.54. The Morgan fingerprint density at radius 3 is 2.44 bits per heavy atom. The predicted octanol–water partition coefficient (Wildman–Crippen LogP) is 5.68. The first-order valence-electron chi connectivity index (χ1n) is 10.1. The van der Waals surface area contributed by atoms with Crippen LogP contribution in [-0.4, -0.2) is 11.7 Å². The van der Waals surface area contributed by atoms with Gasteiger partial charge in [-0.05, 0) is 68.2 Å². The summed E-state index contributed by atoms with van der Waals surface area (Å²) in [5.74, 6) is 1.52. The van der Waals surface area contributed by atoms with Crippen molar-refractivity contribution in [3.8, 4) is 0 Å². The van der Waals surface area contributed by atoms with Crippen molar-refractivity contribution in [1.82, 2.24) is 5.32 Å². The smallest absolute Gasteiger partial charge is 0.230 e. The van der Waals surface area contributed by atoms with Gasteiger partial charge in [-0.2, -0.15) is 0 Å². The van der Waals surface area contributed by atoms with Crippen LogP contribution in [0.1, 0.15) is 65.6 Å². The van der Waals surface area contributed by atoms with Gasteiger partial charge in [0, 0.05) is 5.75 Å². The lowest BCUT2D eigenvalue weighted by atomic mass is 9.89. The second-order valence-electron chi connectivity index (χ2n) is 7.75. The molecule has 3 heteroatoms. The van der Waals surface area contributed by atoms with Crippen molar-refractivity contribution in [2.45, 2.75) is 64.7 Å². The second-order valence-corrected chi connectivity index (χ2v) is 8.74. The number of fused-ring (bicyclic) bond motifs is 1. The van der Waals surface area contributed by atoms with Crippen LogP contribution in [0.2, 0.25) is 0 Å². The van der Waals surface area contributed by atoms with Crippen LogP contribution < -0.4 is 5.32 Å². The molecule has 1 amide bonds. The summed E-state index contributed by atoms with van der Waals surface area (Å²) in [5.41, 5.74) is 8.10. The fraction of sp³-hybridized carbons (Fsp3) is 0.458. The summed E-state index contributed by atoms with van der Waals surface area (Å²) in [6.45, 7) is 6.39. The van der Waals surface area contributed by atoms with E-state index in [2.05, 4.69) is 62.5 Å². The lowest BCUT2D eigenvalue weighted by molar-refractivity contribution is -0.119. The van der Waals surface area contributed by atoms with Gasteiger partial charge in [0.1, 0.15) is 0 Å². The van der Waals surface area contributed by atoms with E-state index in [0.29, 0.717) is 5.75 Å². The van der Waals surface area contributed by atoms with Gasteiger partial charge < -0.3 is 5.32 Å². The minimum atomic E-state index is 0.117. The Morgan fingerprint density at radius 1 is 1.04 bits per heavy atom. The van der Waals surface area contributed by atoms with Crippen molar-refractivity contribution >= 4 is 17.7 Å². The number of carbonyl (C=O) groups excluding carboxylic acids is 1. The highest BCUT2D eigenvalue weighted by atomic mass is 32.2. The van der Waals surface area contributed by atoms with Crippen LogP contribution in [-0.2, 0) is 23.4 Å². The molecule has 0 radical (unpaired) electrons. The summed E-state index contributed by atoms with van der Waals surface area (Å²) >= 11 is 1.69. The Labute approximate surface area is 168 Å². The fourth-order valence-electron chi connectivity index (χ4n) is 4.04. The molecule has 3 rings (SSSR count). The molecule has 0 aliphatic heterocycles. The van der Waals surface area contributed by atoms with Crippen molar-refractivity contribution in [3.63, 3.8) is 0 Å². The van der Waals surface area contributed by atoms with Crippen LogP contribution >= 0.6 is 11.8 Å². The minimum Gasteiger partial charge on any atom is -0.349 e. The molecule has 2 aromatic carbocycles. The fourth-order valence-corrected chi connectivity index (χ4v) is 4.81. The first-order chi connectivity index (χ1) is 13.0. The molecule has 144 valence electrons. The zero-order valence-electron chi connectivity index (χ0n) is 16.8. The first kappa shape index (κ1) is 20.0. The maximum Gasteiger partial charge on any atom is 0.230 e. The third-order valence-corrected chi connectivity index (χ3v) is 6.31. The molecule has 0 saturated carbocycles. The second kappa shape index (κ2) is 9.45. The maximum absolute atomic E-state index is 12.5. The minimum absolute atomic E-state index is 0.117. The van der Waals surface area contributed by atoms with Crippen LogP contribution in [0.4, 0.5) is 0 Å². The Morgan fingerprint density at radius 2 is 1.74 bits per heavy atom. The molecule has 0 heterocycles. The molecule has 2 aromatic rings. The molecule has 0 unspecified atom stereocenters. The number of aryl methyl sites for hydroxylation is 4. The summed E-state index contributed by atoms with van der Waals surface area (Å²) in [6.07, 6.45) is 5.89. The molecule has 0 saturated heterocycles. The number of hydrogen-bond acceptors (Lipinski definition) is 2. The van der Waals surface area contributed by atoms with E-state index in [4.69, 9.17) is 0 Å². The number of hydrogen-bond donors (Lipinski definition) is 1. The predicted molar refractivity (Wildman–Crippen MR) is 116 cm³/mol. The number of benzene rings is 2. The van der Waals surface area contributed by atoms with Gasteiger partial charge in [0.05, 0.1) is 11.8 Å². The zero-order chi connectivity index (χ0) is 19.2. The monoisotopic (exact) mass is 381 g/mol. The summed E-state index contributed by atoms with van der Waals surface area (Å²) in [7, 11) is 0. The standard InChI is InChI=1S/C24H31NOS/c1-4-23(22-10-9-20-7-5-6-8-21(20)14-22)25-24(26)16-27-15-19-12-17(2)11-18(3)13-19/h9-14,23H,4-8,15-16H2,1-3H3,(H,25,26)/t23-/m1/s1. The number of thioether (sulfide) groups is 1. The molecule has 1 aliphatic carbocycles. The molecule has 27 heavy (non-hydrogen) atoms. The maximum atomic E-state index is 12.5. The molecule has 1 aliphatic rings. The molecule has 0 bridgehead atoms. The highest BCUT2D eigenvalue weighted by Gasteiger charge is 2.16. The van der Waals surface area contributed by atoms with E-state index in [1.807, 2.05) is 0 Å². The van der Waals surface area contributed by atoms with Gasteiger partial charge in [-0.3, -0.25) is 4.79 Å². The van der Waals surface area contributed by atoms with Gasteiger partial charge in [-0.1, -0.05) is 54.4 Å². The largest absolute Gasteiger partial charge is 0.349 e. The lowest BCUT2D eigenvalue weighted by Crippen LogP contribution is -2.29. The van der Waals surface area contributed by atoms with Gasteiger partial charge >= 0.3 is 0 Å². The van der Waals surface area contributed by atoms with Crippen LogP contribution in [0, 0.1) is 13.8 Å². The Hall–Kier alpha value is -1.74. The lowest BCUT2D eigenvalue weighted by Gasteiger charge is -2.21. The van der Waals surface area contributed by atoms with Crippen molar-refractivity contribution in [2.24, 2.45) is 0 Å². The quantitative estimate of drug-likeness (QED) is 0.668. The third kappa shape index (κ3) is 5.62. The molecule has 1 atom stereocenters. The highest BCUT2D eigenvalue weighted by molar-refractivity contribution is 7.99. The number of carbonyl (C=O) groups is 1. The van der Waals surface area contributed by atoms with Crippen molar-refractivity contribution < 1.29 is 4.79 Å². The number of nitrogens with one attached hydrogen (secondary N) is 1. The SMILES string of the molecule is CC[C@@H](NC(=O)CSCc1cc(C)cc(C)c1)c1ccc2c(c1)CCCC2. The Bertz CT molecular complexity index is 779. The van der Waals surface area contributed by atoms with Crippen molar-refractivity contribution in [2.75, 3.05) is 5.75 Å². The summed E-state index contributed by atoms with van der Waals surface area (Å²) in [5, 5.41) is 3.24. The molecule has 2 nitrogen and oxygen atoms in total. The van der Waals surface area contributed by atoms with Crippen molar-refractivity contribution in [1.29, 1.82) is 0 Å². The normalized spacial score (nSPS) is 14.5. The van der Waals surface area contributed by atoms with E-state index in [9.17, 15) is 4.79 Å². The summed E-state index contributed by atoms with van der Waals surface area (Å²) in [6, 6.07) is 13.5. The average Bonchev–Trinajstić information content (AvgIpc) is 2.65. The number of amides is 1. The van der Waals surface area contributed by atoms with Crippen LogP contribution in [0.15, 0.2) is 36.4 Å². The summed E-state index contributed by atoms with van der Waals surface area (Å²) < 4.78 is 0. The molecular weight excluding hydrogens is 350 g/mol. The number of rotatable bonds is 7. The Kier molecular flexibility index (Phi) is 7.01. The van der Waals surface area contributed by atoms with Crippen LogP contribution in [0.3, 0.4) is 0 Å². The van der Waals surface area contributed by atoms with Crippen LogP contribution in [0.5, 0.6) is 0 Å². The average molecular weight is 382 g/mol. The van der Waals surface area contributed by atoms with Crippen molar-refractivity contribution in [3.05, 3.63) is 69.8 Å².